The highest BCUT2D eigenvalue weighted by atomic mass is 35.5. The van der Waals surface area contributed by atoms with E-state index in [9.17, 15) is 4.79 Å². The Bertz CT molecular complexity index is 1120. The number of H-pyrrole nitrogens is 1. The molecule has 0 atom stereocenters. The third kappa shape index (κ3) is 2.61. The van der Waals surface area contributed by atoms with Crippen molar-refractivity contribution in [3.8, 4) is 0 Å². The van der Waals surface area contributed by atoms with E-state index in [4.69, 9.17) is 11.6 Å². The van der Waals surface area contributed by atoms with Crippen molar-refractivity contribution in [3.05, 3.63) is 63.7 Å². The summed E-state index contributed by atoms with van der Waals surface area (Å²) in [5, 5.41) is 9.89. The van der Waals surface area contributed by atoms with Gasteiger partial charge in [0.15, 0.2) is 5.65 Å². The molecule has 0 fully saturated rings. The Morgan fingerprint density at radius 1 is 1.21 bits per heavy atom. The maximum Gasteiger partial charge on any atom is 0.253 e. The molecule has 0 unspecified atom stereocenters. The van der Waals surface area contributed by atoms with Crippen LogP contribution in [0, 0.1) is 0 Å². The lowest BCUT2D eigenvalue weighted by atomic mass is 10.1. The summed E-state index contributed by atoms with van der Waals surface area (Å²) in [6.45, 7) is 0.394. The lowest BCUT2D eigenvalue weighted by Gasteiger charge is -2.07. The number of rotatable bonds is 3. The van der Waals surface area contributed by atoms with E-state index < -0.39 is 0 Å². The van der Waals surface area contributed by atoms with Crippen molar-refractivity contribution in [2.75, 3.05) is 5.32 Å². The van der Waals surface area contributed by atoms with Crippen molar-refractivity contribution >= 4 is 39.2 Å². The molecule has 0 aliphatic heterocycles. The van der Waals surface area contributed by atoms with Gasteiger partial charge in [-0.2, -0.15) is 5.10 Å². The molecule has 0 saturated heterocycles. The molecule has 4 rings (SSSR count). The third-order valence-corrected chi connectivity index (χ3v) is 4.17. The van der Waals surface area contributed by atoms with Crippen molar-refractivity contribution < 1.29 is 0 Å². The summed E-state index contributed by atoms with van der Waals surface area (Å²) >= 11 is 6.02. The van der Waals surface area contributed by atoms with Crippen molar-refractivity contribution in [2.24, 2.45) is 7.05 Å². The molecule has 0 radical (unpaired) electrons. The standard InChI is InChI=1S/C17H14ClN5O/c1-23-16-11(8-21-23)6-14(9-20-16)19-7-12-4-10-5-13(18)2-3-15(10)22-17(12)24/h2-6,8-9,19H,7H2,1H3,(H,22,24). The van der Waals surface area contributed by atoms with Gasteiger partial charge in [0.25, 0.3) is 5.56 Å². The van der Waals surface area contributed by atoms with Gasteiger partial charge in [0.2, 0.25) is 0 Å². The van der Waals surface area contributed by atoms with E-state index >= 15 is 0 Å². The van der Waals surface area contributed by atoms with E-state index in [1.807, 2.05) is 25.2 Å². The van der Waals surface area contributed by atoms with Gasteiger partial charge in [-0.25, -0.2) is 4.98 Å². The van der Waals surface area contributed by atoms with E-state index in [1.54, 1.807) is 29.2 Å². The lowest BCUT2D eigenvalue weighted by Crippen LogP contribution is -2.15. The molecule has 7 heteroatoms. The van der Waals surface area contributed by atoms with Crippen molar-refractivity contribution in [1.82, 2.24) is 19.7 Å². The average Bonchev–Trinajstić information content (AvgIpc) is 2.94. The number of benzene rings is 1. The summed E-state index contributed by atoms with van der Waals surface area (Å²) in [4.78, 5) is 19.4. The Morgan fingerprint density at radius 3 is 2.96 bits per heavy atom. The minimum Gasteiger partial charge on any atom is -0.379 e. The summed E-state index contributed by atoms with van der Waals surface area (Å²) in [5.41, 5.74) is 2.94. The summed E-state index contributed by atoms with van der Waals surface area (Å²) in [5.74, 6) is 0. The van der Waals surface area contributed by atoms with Gasteiger partial charge in [0.05, 0.1) is 18.1 Å². The van der Waals surface area contributed by atoms with Crippen LogP contribution in [0.1, 0.15) is 5.56 Å². The highest BCUT2D eigenvalue weighted by Gasteiger charge is 2.06. The van der Waals surface area contributed by atoms with Crippen LogP contribution in [-0.2, 0) is 13.6 Å². The van der Waals surface area contributed by atoms with Crippen LogP contribution in [0.4, 0.5) is 5.69 Å². The molecule has 0 amide bonds. The monoisotopic (exact) mass is 339 g/mol. The molecule has 0 bridgehead atoms. The Hall–Kier alpha value is -2.86. The zero-order valence-corrected chi connectivity index (χ0v) is 13.6. The van der Waals surface area contributed by atoms with Crippen LogP contribution in [0.3, 0.4) is 0 Å². The molecule has 4 aromatic rings. The van der Waals surface area contributed by atoms with Gasteiger partial charge >= 0.3 is 0 Å². The molecule has 1 aromatic carbocycles. The first-order valence-corrected chi connectivity index (χ1v) is 7.81. The van der Waals surface area contributed by atoms with Crippen LogP contribution in [0.15, 0.2) is 47.5 Å². The fraction of sp³-hybridized carbons (Fsp3) is 0.118. The van der Waals surface area contributed by atoms with Crippen LogP contribution in [0.2, 0.25) is 5.02 Å². The first kappa shape index (κ1) is 14.7. The molecule has 0 spiro atoms. The maximum atomic E-state index is 12.2. The Labute approximate surface area is 142 Å². The summed E-state index contributed by atoms with van der Waals surface area (Å²) < 4.78 is 1.72. The molecule has 24 heavy (non-hydrogen) atoms. The second-order valence-electron chi connectivity index (χ2n) is 5.61. The van der Waals surface area contributed by atoms with Crippen molar-refractivity contribution in [2.45, 2.75) is 6.54 Å². The largest absolute Gasteiger partial charge is 0.379 e. The van der Waals surface area contributed by atoms with Crippen LogP contribution in [-0.4, -0.2) is 19.7 Å². The van der Waals surface area contributed by atoms with Crippen LogP contribution in [0.5, 0.6) is 0 Å². The number of hydrogen-bond acceptors (Lipinski definition) is 4. The molecular formula is C17H14ClN5O. The SMILES string of the molecule is Cn1ncc2cc(NCc3cc4cc(Cl)ccc4[nH]c3=O)cnc21. The molecule has 6 nitrogen and oxygen atoms in total. The number of aromatic nitrogens is 4. The molecule has 3 heterocycles. The topological polar surface area (TPSA) is 75.6 Å². The summed E-state index contributed by atoms with van der Waals surface area (Å²) in [6, 6.07) is 9.20. The van der Waals surface area contributed by atoms with Crippen molar-refractivity contribution in [1.29, 1.82) is 0 Å². The molecule has 0 aliphatic carbocycles. The smallest absolute Gasteiger partial charge is 0.253 e. The van der Waals surface area contributed by atoms with Gasteiger partial charge in [0.1, 0.15) is 0 Å². The number of hydrogen-bond donors (Lipinski definition) is 2. The maximum absolute atomic E-state index is 12.2. The first-order valence-electron chi connectivity index (χ1n) is 7.43. The van der Waals surface area contributed by atoms with E-state index in [-0.39, 0.29) is 5.56 Å². The molecule has 2 N–H and O–H groups in total. The zero-order valence-electron chi connectivity index (χ0n) is 12.9. The second kappa shape index (κ2) is 5.65. The predicted octanol–water partition coefficient (Wildman–Crippen LogP) is 3.08. The fourth-order valence-electron chi connectivity index (χ4n) is 2.69. The zero-order chi connectivity index (χ0) is 16.7. The van der Waals surface area contributed by atoms with E-state index in [0.717, 1.165) is 27.6 Å². The van der Waals surface area contributed by atoms with Gasteiger partial charge in [-0.05, 0) is 30.3 Å². The van der Waals surface area contributed by atoms with E-state index in [0.29, 0.717) is 17.1 Å². The van der Waals surface area contributed by atoms with Gasteiger partial charge in [-0.3, -0.25) is 9.48 Å². The number of fused-ring (bicyclic) bond motifs is 2. The van der Waals surface area contributed by atoms with Crippen LogP contribution < -0.4 is 10.9 Å². The summed E-state index contributed by atoms with van der Waals surface area (Å²) in [6.07, 6.45) is 3.49. The van der Waals surface area contributed by atoms with Gasteiger partial charge in [-0.1, -0.05) is 11.6 Å². The average molecular weight is 340 g/mol. The van der Waals surface area contributed by atoms with E-state index in [2.05, 4.69) is 20.4 Å². The predicted molar refractivity (Wildman–Crippen MR) is 95.4 cm³/mol. The number of pyridine rings is 2. The number of aryl methyl sites for hydroxylation is 1. The fourth-order valence-corrected chi connectivity index (χ4v) is 2.87. The molecular weight excluding hydrogens is 326 g/mol. The molecule has 120 valence electrons. The van der Waals surface area contributed by atoms with Crippen LogP contribution in [0.25, 0.3) is 21.9 Å². The Morgan fingerprint density at radius 2 is 2.08 bits per heavy atom. The number of aromatic amines is 1. The molecule has 0 saturated carbocycles. The second-order valence-corrected chi connectivity index (χ2v) is 6.05. The van der Waals surface area contributed by atoms with Gasteiger partial charge < -0.3 is 10.3 Å². The number of anilines is 1. The minimum atomic E-state index is -0.118. The Balaban J connectivity index is 1.63. The van der Waals surface area contributed by atoms with Gasteiger partial charge in [-0.15, -0.1) is 0 Å². The highest BCUT2D eigenvalue weighted by molar-refractivity contribution is 6.31. The third-order valence-electron chi connectivity index (χ3n) is 3.94. The number of halogens is 1. The quantitative estimate of drug-likeness (QED) is 0.601. The normalized spacial score (nSPS) is 11.2. The Kier molecular flexibility index (Phi) is 3.46. The minimum absolute atomic E-state index is 0.118. The van der Waals surface area contributed by atoms with Crippen LogP contribution >= 0.6 is 11.6 Å². The molecule has 0 aliphatic rings. The molecule has 3 aromatic heterocycles. The lowest BCUT2D eigenvalue weighted by molar-refractivity contribution is 0.786. The summed E-state index contributed by atoms with van der Waals surface area (Å²) in [7, 11) is 1.85. The number of nitrogens with one attached hydrogen (secondary N) is 2. The highest BCUT2D eigenvalue weighted by Crippen LogP contribution is 2.19. The van der Waals surface area contributed by atoms with Crippen molar-refractivity contribution in [3.63, 3.8) is 0 Å². The van der Waals surface area contributed by atoms with Gasteiger partial charge in [0, 0.05) is 40.5 Å². The number of nitrogens with zero attached hydrogens (tertiary/aromatic N) is 3. The van der Waals surface area contributed by atoms with E-state index in [1.165, 1.54) is 0 Å². The first-order chi connectivity index (χ1) is 11.6.